The molecule has 1 N–H and O–H groups in total. The fourth-order valence-corrected chi connectivity index (χ4v) is 4.32. The van der Waals surface area contributed by atoms with Gasteiger partial charge in [-0.15, -0.1) is 0 Å². The number of nitrogens with one attached hydrogen (secondary N) is 1. The zero-order valence-electron chi connectivity index (χ0n) is 18.6. The molecule has 6 nitrogen and oxygen atoms in total. The fraction of sp³-hybridized carbons (Fsp3) is 0.107. The molecule has 1 unspecified atom stereocenters. The molecular formula is C28H23N3O3. The Bertz CT molecular complexity index is 1310. The van der Waals surface area contributed by atoms with Crippen molar-refractivity contribution in [1.82, 2.24) is 4.98 Å². The molecule has 4 aromatic rings. The Morgan fingerprint density at radius 3 is 2.32 bits per heavy atom. The molecule has 1 aromatic heterocycles. The Hall–Kier alpha value is -4.45. The number of nitrogens with zero attached hydrogens (tertiary/aromatic N) is 2. The van der Waals surface area contributed by atoms with E-state index in [0.29, 0.717) is 17.9 Å². The summed E-state index contributed by atoms with van der Waals surface area (Å²) >= 11 is 0. The van der Waals surface area contributed by atoms with Crippen molar-refractivity contribution in [3.8, 4) is 5.75 Å². The molecule has 2 aliphatic heterocycles. The minimum Gasteiger partial charge on any atom is -0.466 e. The number of benzene rings is 3. The summed E-state index contributed by atoms with van der Waals surface area (Å²) < 4.78 is 6.30. The van der Waals surface area contributed by atoms with Gasteiger partial charge >= 0.3 is 0 Å². The van der Waals surface area contributed by atoms with Crippen LogP contribution in [-0.4, -0.2) is 23.8 Å². The van der Waals surface area contributed by atoms with Crippen LogP contribution in [0.15, 0.2) is 103 Å². The molecule has 2 aliphatic rings. The van der Waals surface area contributed by atoms with Crippen molar-refractivity contribution < 1.29 is 14.3 Å². The van der Waals surface area contributed by atoms with E-state index in [0.717, 1.165) is 22.5 Å². The van der Waals surface area contributed by atoms with E-state index in [-0.39, 0.29) is 11.8 Å². The van der Waals surface area contributed by atoms with Gasteiger partial charge in [0.1, 0.15) is 5.75 Å². The summed E-state index contributed by atoms with van der Waals surface area (Å²) in [5.74, 6) is 0.578. The number of fused-ring (bicyclic) bond motifs is 2. The molecule has 0 bridgehead atoms. The predicted octanol–water partition coefficient (Wildman–Crippen LogP) is 4.56. The third-order valence-electron chi connectivity index (χ3n) is 5.93. The summed E-state index contributed by atoms with van der Waals surface area (Å²) in [5, 5.41) is 2.76. The largest absolute Gasteiger partial charge is 0.466 e. The van der Waals surface area contributed by atoms with Gasteiger partial charge in [-0.2, -0.15) is 0 Å². The molecule has 2 amide bonds. The summed E-state index contributed by atoms with van der Waals surface area (Å²) in [6.45, 7) is 0. The van der Waals surface area contributed by atoms with Crippen LogP contribution in [0.5, 0.6) is 5.75 Å². The standard InChI is InChI=1S/C20H16N2O2.C8H7NO/c1-22-17-12-6-5-11-16(17)20(19(22)23,18-13-7-8-14-21-18)24-15-9-3-2-4-10-15;10-8-5-6-3-1-2-4-7(6)9-8/h2-14H,1H3;1-4H,5H2,(H,9,10). The van der Waals surface area contributed by atoms with E-state index in [1.165, 1.54) is 0 Å². The van der Waals surface area contributed by atoms with Crippen molar-refractivity contribution in [3.63, 3.8) is 0 Å². The maximum absolute atomic E-state index is 13.2. The lowest BCUT2D eigenvalue weighted by Gasteiger charge is -2.28. The molecule has 0 radical (unpaired) electrons. The van der Waals surface area contributed by atoms with Crippen molar-refractivity contribution >= 4 is 23.2 Å². The maximum atomic E-state index is 13.2. The van der Waals surface area contributed by atoms with Gasteiger partial charge < -0.3 is 15.0 Å². The zero-order valence-corrected chi connectivity index (χ0v) is 18.6. The van der Waals surface area contributed by atoms with Crippen LogP contribution in [0.2, 0.25) is 0 Å². The van der Waals surface area contributed by atoms with Crippen molar-refractivity contribution in [2.24, 2.45) is 0 Å². The first-order valence-corrected chi connectivity index (χ1v) is 11.0. The number of rotatable bonds is 3. The number of hydrogen-bond donors (Lipinski definition) is 1. The number of carbonyl (C=O) groups is 2. The first-order valence-electron chi connectivity index (χ1n) is 11.0. The fourth-order valence-electron chi connectivity index (χ4n) is 4.32. The average molecular weight is 450 g/mol. The number of likely N-dealkylation sites (N-methyl/N-ethyl adjacent to an activating group) is 1. The topological polar surface area (TPSA) is 71.5 Å². The normalized spacial score (nSPS) is 17.9. The Morgan fingerprint density at radius 2 is 1.56 bits per heavy atom. The number of ether oxygens (including phenoxy) is 1. The second-order valence-electron chi connectivity index (χ2n) is 8.07. The van der Waals surface area contributed by atoms with Gasteiger partial charge in [-0.3, -0.25) is 14.6 Å². The monoisotopic (exact) mass is 449 g/mol. The quantitative estimate of drug-likeness (QED) is 0.498. The zero-order chi connectivity index (χ0) is 23.5. The van der Waals surface area contributed by atoms with E-state index in [1.54, 1.807) is 18.1 Å². The lowest BCUT2D eigenvalue weighted by atomic mass is 9.90. The van der Waals surface area contributed by atoms with E-state index in [9.17, 15) is 9.59 Å². The van der Waals surface area contributed by atoms with Gasteiger partial charge in [0.2, 0.25) is 5.91 Å². The van der Waals surface area contributed by atoms with Crippen LogP contribution in [-0.2, 0) is 21.6 Å². The van der Waals surface area contributed by atoms with Crippen LogP contribution in [0.4, 0.5) is 11.4 Å². The third-order valence-corrected chi connectivity index (χ3v) is 5.93. The van der Waals surface area contributed by atoms with Gasteiger partial charge in [-0.25, -0.2) is 0 Å². The van der Waals surface area contributed by atoms with Gasteiger partial charge in [0.15, 0.2) is 0 Å². The molecule has 3 heterocycles. The smallest absolute Gasteiger partial charge is 0.282 e. The van der Waals surface area contributed by atoms with Gasteiger partial charge in [0.05, 0.1) is 17.8 Å². The third kappa shape index (κ3) is 3.69. The Balaban J connectivity index is 0.000000200. The number of anilines is 2. The summed E-state index contributed by atoms with van der Waals surface area (Å²) in [6.07, 6.45) is 2.22. The lowest BCUT2D eigenvalue weighted by Crippen LogP contribution is -2.45. The van der Waals surface area contributed by atoms with Crippen molar-refractivity contribution in [1.29, 1.82) is 0 Å². The SMILES string of the molecule is CN1C(=O)C(Oc2ccccc2)(c2ccccn2)c2ccccc21.O=C1Cc2ccccc2N1. The highest BCUT2D eigenvalue weighted by atomic mass is 16.5. The molecule has 0 spiro atoms. The van der Waals surface area contributed by atoms with Crippen molar-refractivity contribution in [2.45, 2.75) is 12.0 Å². The number of para-hydroxylation sites is 3. The molecule has 6 rings (SSSR count). The van der Waals surface area contributed by atoms with Crippen LogP contribution >= 0.6 is 0 Å². The summed E-state index contributed by atoms with van der Waals surface area (Å²) in [5.41, 5.74) is 3.02. The number of aromatic nitrogens is 1. The Kier molecular flexibility index (Phi) is 5.55. The van der Waals surface area contributed by atoms with E-state index < -0.39 is 5.60 Å². The van der Waals surface area contributed by atoms with Gasteiger partial charge in [-0.05, 0) is 42.0 Å². The molecule has 168 valence electrons. The van der Waals surface area contributed by atoms with Crippen LogP contribution in [0, 0.1) is 0 Å². The molecule has 6 heteroatoms. The average Bonchev–Trinajstić information content (AvgIpc) is 3.37. The van der Waals surface area contributed by atoms with Gasteiger partial charge in [-0.1, -0.05) is 60.7 Å². The highest BCUT2D eigenvalue weighted by molar-refractivity contribution is 6.09. The molecule has 0 fully saturated rings. The number of hydrogen-bond acceptors (Lipinski definition) is 4. The summed E-state index contributed by atoms with van der Waals surface area (Å²) in [7, 11) is 1.76. The molecule has 0 saturated carbocycles. The molecule has 0 saturated heterocycles. The molecule has 0 aliphatic carbocycles. The first kappa shape index (κ1) is 21.4. The van der Waals surface area contributed by atoms with Gasteiger partial charge in [0, 0.05) is 24.5 Å². The van der Waals surface area contributed by atoms with Crippen molar-refractivity contribution in [2.75, 3.05) is 17.3 Å². The van der Waals surface area contributed by atoms with E-state index in [1.807, 2.05) is 97.1 Å². The van der Waals surface area contributed by atoms with Crippen LogP contribution in [0.1, 0.15) is 16.8 Å². The maximum Gasteiger partial charge on any atom is 0.282 e. The van der Waals surface area contributed by atoms with Crippen LogP contribution in [0.25, 0.3) is 0 Å². The number of pyridine rings is 1. The second-order valence-corrected chi connectivity index (χ2v) is 8.07. The summed E-state index contributed by atoms with van der Waals surface area (Å²) in [6, 6.07) is 30.3. The van der Waals surface area contributed by atoms with E-state index >= 15 is 0 Å². The van der Waals surface area contributed by atoms with Crippen LogP contribution < -0.4 is 15.0 Å². The molecular weight excluding hydrogens is 426 g/mol. The summed E-state index contributed by atoms with van der Waals surface area (Å²) in [4.78, 5) is 30.1. The highest BCUT2D eigenvalue weighted by Crippen LogP contribution is 2.45. The molecule has 3 aromatic carbocycles. The van der Waals surface area contributed by atoms with E-state index in [4.69, 9.17) is 4.74 Å². The lowest BCUT2D eigenvalue weighted by molar-refractivity contribution is -0.130. The number of carbonyl (C=O) groups excluding carboxylic acids is 2. The molecule has 1 atom stereocenters. The highest BCUT2D eigenvalue weighted by Gasteiger charge is 2.54. The number of amides is 2. The van der Waals surface area contributed by atoms with Crippen molar-refractivity contribution in [3.05, 3.63) is 120 Å². The van der Waals surface area contributed by atoms with E-state index in [2.05, 4.69) is 10.3 Å². The Labute approximate surface area is 197 Å². The predicted molar refractivity (Wildman–Crippen MR) is 131 cm³/mol. The van der Waals surface area contributed by atoms with Gasteiger partial charge in [0.25, 0.3) is 11.5 Å². The van der Waals surface area contributed by atoms with Crippen LogP contribution in [0.3, 0.4) is 0 Å². The second kappa shape index (κ2) is 8.83. The first-order chi connectivity index (χ1) is 16.6. The minimum atomic E-state index is -1.27. The Morgan fingerprint density at radius 1 is 0.853 bits per heavy atom. The molecule has 34 heavy (non-hydrogen) atoms. The minimum absolute atomic E-state index is 0.0983.